The van der Waals surface area contributed by atoms with Crippen molar-refractivity contribution in [1.82, 2.24) is 0 Å². The van der Waals surface area contributed by atoms with Crippen molar-refractivity contribution in [2.24, 2.45) is 0 Å². The van der Waals surface area contributed by atoms with Crippen molar-refractivity contribution in [3.8, 4) is 5.75 Å². The van der Waals surface area contributed by atoms with Gasteiger partial charge < -0.3 is 8.85 Å². The van der Waals surface area contributed by atoms with Gasteiger partial charge in [0.2, 0.25) is 16.6 Å². The van der Waals surface area contributed by atoms with E-state index in [1.54, 1.807) is 0 Å². The molecule has 1 aliphatic rings. The fourth-order valence-corrected chi connectivity index (χ4v) is 4.04. The van der Waals surface area contributed by atoms with Crippen LogP contribution in [0.25, 0.3) is 5.76 Å². The predicted molar refractivity (Wildman–Crippen MR) is 91.1 cm³/mol. The van der Waals surface area contributed by atoms with Crippen molar-refractivity contribution in [1.29, 1.82) is 0 Å². The minimum Gasteiger partial charge on any atom is -0.544 e. The maximum Gasteiger partial charge on any atom is 0.242 e. The van der Waals surface area contributed by atoms with Crippen molar-refractivity contribution in [3.05, 3.63) is 35.4 Å². The minimum absolute atomic E-state index is 1.01. The van der Waals surface area contributed by atoms with Crippen LogP contribution in [-0.4, -0.2) is 16.6 Å². The van der Waals surface area contributed by atoms with Gasteiger partial charge in [-0.05, 0) is 69.8 Å². The molecular formula is C16H26O2Si2. The maximum absolute atomic E-state index is 6.30. The fraction of sp³-hybridized carbons (Fsp3) is 0.500. The molecule has 20 heavy (non-hydrogen) atoms. The molecule has 0 heterocycles. The molecule has 0 N–H and O–H groups in total. The first-order chi connectivity index (χ1) is 9.16. The van der Waals surface area contributed by atoms with Crippen LogP contribution in [0.15, 0.2) is 24.3 Å². The van der Waals surface area contributed by atoms with E-state index in [9.17, 15) is 0 Å². The highest BCUT2D eigenvalue weighted by molar-refractivity contribution is 6.71. The molecule has 0 fully saturated rings. The van der Waals surface area contributed by atoms with Gasteiger partial charge in [-0.25, -0.2) is 0 Å². The third-order valence-corrected chi connectivity index (χ3v) is 4.60. The lowest BCUT2D eigenvalue weighted by Crippen LogP contribution is -2.30. The largest absolute Gasteiger partial charge is 0.544 e. The van der Waals surface area contributed by atoms with Crippen molar-refractivity contribution in [3.63, 3.8) is 0 Å². The van der Waals surface area contributed by atoms with Gasteiger partial charge in [-0.1, -0.05) is 12.1 Å². The van der Waals surface area contributed by atoms with Crippen LogP contribution in [0.1, 0.15) is 17.5 Å². The second-order valence-corrected chi connectivity index (χ2v) is 16.2. The molecule has 0 atom stereocenters. The topological polar surface area (TPSA) is 18.5 Å². The van der Waals surface area contributed by atoms with Gasteiger partial charge in [-0.2, -0.15) is 0 Å². The zero-order valence-electron chi connectivity index (χ0n) is 13.5. The first-order valence-corrected chi connectivity index (χ1v) is 14.2. The highest BCUT2D eigenvalue weighted by Gasteiger charge is 2.26. The van der Waals surface area contributed by atoms with E-state index >= 15 is 0 Å². The standard InChI is InChI=1S/C16H26O2Si2/c1-19(2,3)17-14-11-7-9-13-10-8-12-15(16(13)14)18-20(4,5)6/h7,9,11-12H,8,10H2,1-6H3. The van der Waals surface area contributed by atoms with E-state index < -0.39 is 16.6 Å². The highest BCUT2D eigenvalue weighted by atomic mass is 28.4. The third kappa shape index (κ3) is 3.99. The Morgan fingerprint density at radius 1 is 0.900 bits per heavy atom. The molecule has 0 saturated heterocycles. The fourth-order valence-electron chi connectivity index (χ4n) is 2.36. The zero-order chi connectivity index (χ0) is 15.0. The van der Waals surface area contributed by atoms with Gasteiger partial charge in [0, 0.05) is 0 Å². The molecule has 0 aliphatic heterocycles. The van der Waals surface area contributed by atoms with E-state index in [-0.39, 0.29) is 0 Å². The summed E-state index contributed by atoms with van der Waals surface area (Å²) in [5.74, 6) is 2.05. The van der Waals surface area contributed by atoms with Crippen molar-refractivity contribution >= 4 is 22.4 Å². The van der Waals surface area contributed by atoms with Gasteiger partial charge in [-0.3, -0.25) is 0 Å². The van der Waals surface area contributed by atoms with E-state index in [1.807, 2.05) is 0 Å². The summed E-state index contributed by atoms with van der Waals surface area (Å²) in [6, 6.07) is 6.39. The van der Waals surface area contributed by atoms with E-state index in [1.165, 1.54) is 11.1 Å². The molecule has 0 bridgehead atoms. The normalized spacial score (nSPS) is 15.4. The molecule has 2 nitrogen and oxygen atoms in total. The Balaban J connectivity index is 2.42. The Morgan fingerprint density at radius 2 is 1.55 bits per heavy atom. The summed E-state index contributed by atoms with van der Waals surface area (Å²) in [5, 5.41) is 0. The third-order valence-electron chi connectivity index (χ3n) is 2.93. The number of benzene rings is 1. The quantitative estimate of drug-likeness (QED) is 0.726. The summed E-state index contributed by atoms with van der Waals surface area (Å²) in [7, 11) is -3.22. The molecule has 1 aromatic carbocycles. The molecule has 1 aliphatic carbocycles. The summed E-state index contributed by atoms with van der Waals surface area (Å²) >= 11 is 0. The Bertz CT molecular complexity index is 522. The second-order valence-electron chi connectivity index (χ2n) is 7.33. The van der Waals surface area contributed by atoms with Gasteiger partial charge in [0.1, 0.15) is 11.5 Å². The number of hydrogen-bond acceptors (Lipinski definition) is 2. The van der Waals surface area contributed by atoms with Gasteiger partial charge in [0.25, 0.3) is 0 Å². The number of fused-ring (bicyclic) bond motifs is 1. The molecular weight excluding hydrogens is 280 g/mol. The molecule has 0 radical (unpaired) electrons. The minimum atomic E-state index is -1.62. The first kappa shape index (κ1) is 15.4. The summed E-state index contributed by atoms with van der Waals surface area (Å²) in [6.45, 7) is 13.3. The number of aryl methyl sites for hydroxylation is 1. The molecule has 0 amide bonds. The Kier molecular flexibility index (Phi) is 4.16. The van der Waals surface area contributed by atoms with E-state index in [0.29, 0.717) is 0 Å². The summed E-state index contributed by atoms with van der Waals surface area (Å²) in [4.78, 5) is 0. The van der Waals surface area contributed by atoms with E-state index in [2.05, 4.69) is 63.6 Å². The van der Waals surface area contributed by atoms with Crippen LogP contribution >= 0.6 is 0 Å². The first-order valence-electron chi connectivity index (χ1n) is 7.36. The van der Waals surface area contributed by atoms with Crippen LogP contribution in [0, 0.1) is 0 Å². The molecule has 4 heteroatoms. The number of rotatable bonds is 4. The van der Waals surface area contributed by atoms with Gasteiger partial charge in [-0.15, -0.1) is 0 Å². The Morgan fingerprint density at radius 3 is 2.15 bits per heavy atom. The average molecular weight is 307 g/mol. The maximum atomic E-state index is 6.30. The van der Waals surface area contributed by atoms with Crippen LogP contribution in [-0.2, 0) is 10.8 Å². The van der Waals surface area contributed by atoms with Crippen LogP contribution < -0.4 is 4.43 Å². The molecule has 2 rings (SSSR count). The molecule has 110 valence electrons. The van der Waals surface area contributed by atoms with Crippen molar-refractivity contribution < 1.29 is 8.85 Å². The Hall–Kier alpha value is -1.01. The van der Waals surface area contributed by atoms with E-state index in [0.717, 1.165) is 24.4 Å². The van der Waals surface area contributed by atoms with Crippen molar-refractivity contribution in [2.45, 2.75) is 52.1 Å². The van der Waals surface area contributed by atoms with Gasteiger partial charge >= 0.3 is 0 Å². The number of allylic oxidation sites excluding steroid dienone is 1. The van der Waals surface area contributed by atoms with Crippen LogP contribution in [0.3, 0.4) is 0 Å². The number of hydrogen-bond donors (Lipinski definition) is 0. The van der Waals surface area contributed by atoms with Crippen molar-refractivity contribution in [2.75, 3.05) is 0 Å². The zero-order valence-corrected chi connectivity index (χ0v) is 15.5. The lowest BCUT2D eigenvalue weighted by molar-refractivity contribution is 0.496. The molecule has 0 aromatic heterocycles. The monoisotopic (exact) mass is 306 g/mol. The van der Waals surface area contributed by atoms with Crippen LogP contribution in [0.4, 0.5) is 0 Å². The lowest BCUT2D eigenvalue weighted by Gasteiger charge is -2.29. The Labute approximate surface area is 125 Å². The molecule has 1 aromatic rings. The SMILES string of the molecule is C[Si](C)(C)OC1=CCCc2cccc(O[Si](C)(C)C)c21. The van der Waals surface area contributed by atoms with Crippen LogP contribution in [0.2, 0.25) is 39.3 Å². The predicted octanol–water partition coefficient (Wildman–Crippen LogP) is 5.04. The molecule has 0 unspecified atom stereocenters. The average Bonchev–Trinajstić information content (AvgIpc) is 2.25. The van der Waals surface area contributed by atoms with Crippen LogP contribution in [0.5, 0.6) is 5.75 Å². The smallest absolute Gasteiger partial charge is 0.242 e. The van der Waals surface area contributed by atoms with E-state index in [4.69, 9.17) is 8.85 Å². The van der Waals surface area contributed by atoms with Gasteiger partial charge in [0.15, 0.2) is 0 Å². The second kappa shape index (κ2) is 5.41. The van der Waals surface area contributed by atoms with Gasteiger partial charge in [0.05, 0.1) is 5.56 Å². The molecule has 0 saturated carbocycles. The highest BCUT2D eigenvalue weighted by Crippen LogP contribution is 2.37. The lowest BCUT2D eigenvalue weighted by atomic mass is 9.95. The summed E-state index contributed by atoms with van der Waals surface area (Å²) < 4.78 is 12.6. The molecule has 0 spiro atoms. The summed E-state index contributed by atoms with van der Waals surface area (Å²) in [6.07, 6.45) is 4.37. The summed E-state index contributed by atoms with van der Waals surface area (Å²) in [5.41, 5.74) is 2.56.